The van der Waals surface area contributed by atoms with Crippen molar-refractivity contribution in [3.8, 4) is 16.2 Å². The molecular weight excluding hydrogens is 222 g/mol. The Hall–Kier alpha value is -1.81. The molecule has 0 aliphatic heterocycles. The standard InChI is InChI=1S/C12H11NO2S/c1-8(14)15-11-5-4-9(7-10(11)13)12-3-2-6-16-12/h2-7H,13H2,1H3. The van der Waals surface area contributed by atoms with E-state index in [1.807, 2.05) is 29.6 Å². The predicted octanol–water partition coefficient (Wildman–Crippen LogP) is 2.92. The smallest absolute Gasteiger partial charge is 0.308 e. The van der Waals surface area contributed by atoms with Crippen LogP contribution in [0.25, 0.3) is 10.4 Å². The molecule has 0 saturated carbocycles. The molecule has 2 rings (SSSR count). The van der Waals surface area contributed by atoms with Gasteiger partial charge in [0.15, 0.2) is 5.75 Å². The number of hydrogen-bond acceptors (Lipinski definition) is 4. The molecule has 0 fully saturated rings. The Labute approximate surface area is 97.5 Å². The van der Waals surface area contributed by atoms with E-state index in [4.69, 9.17) is 10.5 Å². The summed E-state index contributed by atoms with van der Waals surface area (Å²) in [5.41, 5.74) is 7.31. The Kier molecular flexibility index (Phi) is 2.92. The van der Waals surface area contributed by atoms with E-state index in [2.05, 4.69) is 0 Å². The van der Waals surface area contributed by atoms with Crippen LogP contribution in [0.4, 0.5) is 5.69 Å². The van der Waals surface area contributed by atoms with Crippen molar-refractivity contribution in [2.75, 3.05) is 5.73 Å². The number of hydrogen-bond donors (Lipinski definition) is 1. The van der Waals surface area contributed by atoms with Crippen LogP contribution in [0, 0.1) is 0 Å². The van der Waals surface area contributed by atoms with Gasteiger partial charge in [0, 0.05) is 11.8 Å². The van der Waals surface area contributed by atoms with Crippen molar-refractivity contribution in [1.82, 2.24) is 0 Å². The van der Waals surface area contributed by atoms with Gasteiger partial charge in [0.05, 0.1) is 5.69 Å². The van der Waals surface area contributed by atoms with E-state index in [9.17, 15) is 4.79 Å². The summed E-state index contributed by atoms with van der Waals surface area (Å²) in [4.78, 5) is 11.9. The Morgan fingerprint density at radius 2 is 2.19 bits per heavy atom. The zero-order chi connectivity index (χ0) is 11.5. The summed E-state index contributed by atoms with van der Waals surface area (Å²) in [5.74, 6) is 0.0448. The maximum Gasteiger partial charge on any atom is 0.308 e. The molecule has 82 valence electrons. The van der Waals surface area contributed by atoms with Crippen LogP contribution in [0.2, 0.25) is 0 Å². The highest BCUT2D eigenvalue weighted by molar-refractivity contribution is 7.13. The molecule has 0 saturated heterocycles. The Morgan fingerprint density at radius 3 is 2.75 bits per heavy atom. The number of carbonyl (C=O) groups is 1. The number of carbonyl (C=O) groups excluding carboxylic acids is 1. The molecule has 0 bridgehead atoms. The van der Waals surface area contributed by atoms with Gasteiger partial charge in [0.25, 0.3) is 0 Å². The SMILES string of the molecule is CC(=O)Oc1ccc(-c2cccs2)cc1N. The minimum atomic E-state index is -0.365. The first-order chi connectivity index (χ1) is 7.66. The molecule has 16 heavy (non-hydrogen) atoms. The quantitative estimate of drug-likeness (QED) is 0.493. The molecule has 2 N–H and O–H groups in total. The van der Waals surface area contributed by atoms with Crippen LogP contribution in [0.1, 0.15) is 6.92 Å². The minimum Gasteiger partial charge on any atom is -0.425 e. The van der Waals surface area contributed by atoms with Crippen LogP contribution in [0.3, 0.4) is 0 Å². The van der Waals surface area contributed by atoms with Crippen molar-refractivity contribution in [3.63, 3.8) is 0 Å². The van der Waals surface area contributed by atoms with Gasteiger partial charge in [-0.25, -0.2) is 0 Å². The van der Waals surface area contributed by atoms with Crippen LogP contribution < -0.4 is 10.5 Å². The van der Waals surface area contributed by atoms with Gasteiger partial charge < -0.3 is 10.5 Å². The second-order valence-corrected chi connectivity index (χ2v) is 4.27. The number of benzene rings is 1. The number of thiophene rings is 1. The highest BCUT2D eigenvalue weighted by atomic mass is 32.1. The Bertz CT molecular complexity index is 506. The van der Waals surface area contributed by atoms with Gasteiger partial charge in [0.1, 0.15) is 0 Å². The lowest BCUT2D eigenvalue weighted by Crippen LogP contribution is -2.03. The maximum atomic E-state index is 10.8. The number of rotatable bonds is 2. The Balaban J connectivity index is 2.33. The van der Waals surface area contributed by atoms with Crippen LogP contribution >= 0.6 is 11.3 Å². The summed E-state index contributed by atoms with van der Waals surface area (Å²) in [5, 5.41) is 2.01. The molecule has 1 heterocycles. The number of ether oxygens (including phenoxy) is 1. The van der Waals surface area contributed by atoms with Gasteiger partial charge in [-0.1, -0.05) is 6.07 Å². The van der Waals surface area contributed by atoms with E-state index in [-0.39, 0.29) is 5.97 Å². The predicted molar refractivity (Wildman–Crippen MR) is 65.5 cm³/mol. The lowest BCUT2D eigenvalue weighted by Gasteiger charge is -2.06. The van der Waals surface area contributed by atoms with Gasteiger partial charge in [-0.3, -0.25) is 4.79 Å². The normalized spacial score (nSPS) is 10.1. The van der Waals surface area contributed by atoms with Crippen LogP contribution in [0.5, 0.6) is 5.75 Å². The minimum absolute atomic E-state index is 0.365. The highest BCUT2D eigenvalue weighted by Crippen LogP contribution is 2.30. The molecule has 0 amide bonds. The third-order valence-corrected chi connectivity index (χ3v) is 2.99. The average molecular weight is 233 g/mol. The Morgan fingerprint density at radius 1 is 1.38 bits per heavy atom. The molecular formula is C12H11NO2S. The van der Waals surface area contributed by atoms with Crippen LogP contribution in [-0.4, -0.2) is 5.97 Å². The average Bonchev–Trinajstić information content (AvgIpc) is 2.73. The molecule has 0 atom stereocenters. The molecule has 0 unspecified atom stereocenters. The molecule has 0 spiro atoms. The number of nitrogen functional groups attached to an aromatic ring is 1. The summed E-state index contributed by atoms with van der Waals surface area (Å²) in [6.45, 7) is 1.35. The summed E-state index contributed by atoms with van der Waals surface area (Å²) in [6.07, 6.45) is 0. The third-order valence-electron chi connectivity index (χ3n) is 2.07. The van der Waals surface area contributed by atoms with Crippen LogP contribution in [-0.2, 0) is 4.79 Å². The lowest BCUT2D eigenvalue weighted by atomic mass is 10.1. The third kappa shape index (κ3) is 2.23. The fourth-order valence-corrected chi connectivity index (χ4v) is 2.12. The van der Waals surface area contributed by atoms with Crippen molar-refractivity contribution >= 4 is 23.0 Å². The summed E-state index contributed by atoms with van der Waals surface area (Å²) >= 11 is 1.64. The molecule has 1 aromatic carbocycles. The molecule has 0 aliphatic carbocycles. The first kappa shape index (κ1) is 10.7. The zero-order valence-electron chi connectivity index (χ0n) is 8.77. The largest absolute Gasteiger partial charge is 0.425 e. The maximum absolute atomic E-state index is 10.8. The van der Waals surface area contributed by atoms with Crippen molar-refractivity contribution in [3.05, 3.63) is 35.7 Å². The van der Waals surface area contributed by atoms with E-state index in [1.165, 1.54) is 6.92 Å². The summed E-state index contributed by atoms with van der Waals surface area (Å²) in [7, 11) is 0. The highest BCUT2D eigenvalue weighted by Gasteiger charge is 2.06. The molecule has 1 aromatic heterocycles. The molecule has 2 aromatic rings. The van der Waals surface area contributed by atoms with Crippen molar-refractivity contribution in [2.45, 2.75) is 6.92 Å². The van der Waals surface area contributed by atoms with Gasteiger partial charge >= 0.3 is 5.97 Å². The fourth-order valence-electron chi connectivity index (χ4n) is 1.39. The second-order valence-electron chi connectivity index (χ2n) is 3.32. The van der Waals surface area contributed by atoms with Gasteiger partial charge in [-0.15, -0.1) is 11.3 Å². The summed E-state index contributed by atoms with van der Waals surface area (Å²) in [6, 6.07) is 9.41. The summed E-state index contributed by atoms with van der Waals surface area (Å²) < 4.78 is 4.96. The molecule has 0 aliphatic rings. The molecule has 4 heteroatoms. The van der Waals surface area contributed by atoms with Crippen molar-refractivity contribution in [1.29, 1.82) is 0 Å². The van der Waals surface area contributed by atoms with E-state index < -0.39 is 0 Å². The zero-order valence-corrected chi connectivity index (χ0v) is 9.58. The van der Waals surface area contributed by atoms with Gasteiger partial charge in [0.2, 0.25) is 0 Å². The first-order valence-corrected chi connectivity index (χ1v) is 5.66. The number of nitrogens with two attached hydrogens (primary N) is 1. The van der Waals surface area contributed by atoms with Gasteiger partial charge in [-0.05, 0) is 35.2 Å². The van der Waals surface area contributed by atoms with E-state index >= 15 is 0 Å². The van der Waals surface area contributed by atoms with Crippen molar-refractivity contribution < 1.29 is 9.53 Å². The molecule has 0 radical (unpaired) electrons. The van der Waals surface area contributed by atoms with Crippen molar-refractivity contribution in [2.24, 2.45) is 0 Å². The fraction of sp³-hybridized carbons (Fsp3) is 0.0833. The van der Waals surface area contributed by atoms with Gasteiger partial charge in [-0.2, -0.15) is 0 Å². The monoisotopic (exact) mass is 233 g/mol. The first-order valence-electron chi connectivity index (χ1n) is 4.78. The second kappa shape index (κ2) is 4.37. The molecule has 3 nitrogen and oxygen atoms in total. The topological polar surface area (TPSA) is 52.3 Å². The number of anilines is 1. The van der Waals surface area contributed by atoms with E-state index in [1.54, 1.807) is 17.4 Å². The van der Waals surface area contributed by atoms with E-state index in [0.29, 0.717) is 11.4 Å². The van der Waals surface area contributed by atoms with Crippen LogP contribution in [0.15, 0.2) is 35.7 Å². The number of esters is 1. The lowest BCUT2D eigenvalue weighted by molar-refractivity contribution is -0.131. The van der Waals surface area contributed by atoms with E-state index in [0.717, 1.165) is 10.4 Å².